The van der Waals surface area contributed by atoms with Crippen LogP contribution in [0.15, 0.2) is 65.2 Å². The van der Waals surface area contributed by atoms with Gasteiger partial charge < -0.3 is 10.6 Å². The van der Waals surface area contributed by atoms with Gasteiger partial charge in [-0.2, -0.15) is 13.7 Å². The Bertz CT molecular complexity index is 964. The van der Waals surface area contributed by atoms with E-state index in [9.17, 15) is 13.2 Å². The molecule has 3 N–H and O–H groups in total. The molecule has 0 radical (unpaired) electrons. The number of amides is 1. The van der Waals surface area contributed by atoms with Crippen molar-refractivity contribution in [1.82, 2.24) is 0 Å². The molecule has 7 nitrogen and oxygen atoms in total. The van der Waals surface area contributed by atoms with Gasteiger partial charge in [0.1, 0.15) is 11.6 Å². The van der Waals surface area contributed by atoms with Crippen LogP contribution in [0.3, 0.4) is 0 Å². The third kappa shape index (κ3) is 5.32. The van der Waals surface area contributed by atoms with Gasteiger partial charge in [-0.25, -0.2) is 0 Å². The van der Waals surface area contributed by atoms with Crippen LogP contribution in [0, 0.1) is 11.3 Å². The lowest BCUT2D eigenvalue weighted by Gasteiger charge is -2.06. The van der Waals surface area contributed by atoms with E-state index in [-0.39, 0.29) is 16.2 Å². The standard InChI is InChI=1S/C16H12ClN3O4S/c17-12-2-1-3-14(8-12)19-10-11(9-18)16(21)20-13-4-6-15(7-5-13)25(22,23)24/h1-8,10,19H,(H,20,21)(H,22,23,24)/b11-10-. The number of hydrogen-bond donors (Lipinski definition) is 3. The zero-order chi connectivity index (χ0) is 18.4. The molecule has 2 aromatic rings. The molecular weight excluding hydrogens is 366 g/mol. The Morgan fingerprint density at radius 1 is 1.16 bits per heavy atom. The monoisotopic (exact) mass is 377 g/mol. The number of carbonyl (C=O) groups excluding carboxylic acids is 1. The highest BCUT2D eigenvalue weighted by molar-refractivity contribution is 7.85. The normalized spacial score (nSPS) is 11.5. The van der Waals surface area contributed by atoms with Crippen molar-refractivity contribution >= 4 is 39.0 Å². The molecule has 2 aromatic carbocycles. The molecule has 0 unspecified atom stereocenters. The van der Waals surface area contributed by atoms with Gasteiger partial charge in [0.15, 0.2) is 0 Å². The fourth-order valence-corrected chi connectivity index (χ4v) is 2.46. The zero-order valence-corrected chi connectivity index (χ0v) is 14.2. The number of halogens is 1. The lowest BCUT2D eigenvalue weighted by Crippen LogP contribution is -2.14. The van der Waals surface area contributed by atoms with Gasteiger partial charge in [0.05, 0.1) is 4.90 Å². The number of nitrogens with one attached hydrogen (secondary N) is 2. The van der Waals surface area contributed by atoms with Crippen LogP contribution in [0.2, 0.25) is 5.02 Å². The van der Waals surface area contributed by atoms with Crippen molar-refractivity contribution in [2.75, 3.05) is 10.6 Å². The summed E-state index contributed by atoms with van der Waals surface area (Å²) < 4.78 is 30.8. The van der Waals surface area contributed by atoms with Gasteiger partial charge in [-0.15, -0.1) is 0 Å². The first-order valence-corrected chi connectivity index (χ1v) is 8.62. The lowest BCUT2D eigenvalue weighted by molar-refractivity contribution is -0.112. The average molecular weight is 378 g/mol. The highest BCUT2D eigenvalue weighted by Gasteiger charge is 2.12. The van der Waals surface area contributed by atoms with E-state index in [0.29, 0.717) is 10.7 Å². The van der Waals surface area contributed by atoms with Crippen LogP contribution in [-0.4, -0.2) is 18.9 Å². The van der Waals surface area contributed by atoms with Gasteiger partial charge in [-0.3, -0.25) is 9.35 Å². The molecule has 0 aliphatic carbocycles. The number of carbonyl (C=O) groups is 1. The van der Waals surface area contributed by atoms with E-state index in [0.717, 1.165) is 12.1 Å². The minimum absolute atomic E-state index is 0.196. The first-order valence-electron chi connectivity index (χ1n) is 6.81. The maximum atomic E-state index is 12.1. The van der Waals surface area contributed by atoms with Crippen LogP contribution in [0.25, 0.3) is 0 Å². The van der Waals surface area contributed by atoms with Crippen molar-refractivity contribution in [2.45, 2.75) is 4.90 Å². The molecule has 1 amide bonds. The number of rotatable bonds is 5. The molecule has 0 bridgehead atoms. The SMILES string of the molecule is N#C/C(=C/Nc1cccc(Cl)c1)C(=O)Nc1ccc(S(=O)(=O)O)cc1. The fraction of sp³-hybridized carbons (Fsp3) is 0. The van der Waals surface area contributed by atoms with E-state index >= 15 is 0 Å². The molecule has 0 heterocycles. The Morgan fingerprint density at radius 3 is 2.40 bits per heavy atom. The highest BCUT2D eigenvalue weighted by atomic mass is 35.5. The average Bonchev–Trinajstić information content (AvgIpc) is 2.55. The van der Waals surface area contributed by atoms with E-state index in [2.05, 4.69) is 10.6 Å². The minimum atomic E-state index is -4.31. The van der Waals surface area contributed by atoms with Crippen LogP contribution in [0.1, 0.15) is 0 Å². The van der Waals surface area contributed by atoms with Gasteiger partial charge in [0.2, 0.25) is 0 Å². The second kappa shape index (κ2) is 7.81. The Kier molecular flexibility index (Phi) is 5.77. The van der Waals surface area contributed by atoms with E-state index in [1.165, 1.54) is 18.3 Å². The Morgan fingerprint density at radius 2 is 1.84 bits per heavy atom. The Balaban J connectivity index is 2.09. The van der Waals surface area contributed by atoms with Crippen molar-refractivity contribution < 1.29 is 17.8 Å². The van der Waals surface area contributed by atoms with Crippen molar-refractivity contribution in [3.8, 4) is 6.07 Å². The topological polar surface area (TPSA) is 119 Å². The number of anilines is 2. The van der Waals surface area contributed by atoms with E-state index in [4.69, 9.17) is 21.4 Å². The number of benzene rings is 2. The van der Waals surface area contributed by atoms with Crippen molar-refractivity contribution in [3.05, 3.63) is 65.3 Å². The van der Waals surface area contributed by atoms with E-state index in [1.54, 1.807) is 30.3 Å². The largest absolute Gasteiger partial charge is 0.360 e. The summed E-state index contributed by atoms with van der Waals surface area (Å²) in [5, 5.41) is 14.8. The molecule has 0 fully saturated rings. The van der Waals surface area contributed by atoms with Gasteiger partial charge in [-0.1, -0.05) is 17.7 Å². The fourth-order valence-electron chi connectivity index (χ4n) is 1.79. The van der Waals surface area contributed by atoms with Crippen LogP contribution < -0.4 is 10.6 Å². The van der Waals surface area contributed by atoms with Crippen LogP contribution in [0.5, 0.6) is 0 Å². The number of nitrogens with zero attached hydrogens (tertiary/aromatic N) is 1. The van der Waals surface area contributed by atoms with Gasteiger partial charge in [0.25, 0.3) is 16.0 Å². The second-order valence-corrected chi connectivity index (χ2v) is 6.64. The quantitative estimate of drug-likeness (QED) is 0.418. The summed E-state index contributed by atoms with van der Waals surface area (Å²) in [4.78, 5) is 11.8. The summed E-state index contributed by atoms with van der Waals surface area (Å²) in [6.45, 7) is 0. The maximum absolute atomic E-state index is 12.1. The van der Waals surface area contributed by atoms with Crippen molar-refractivity contribution in [1.29, 1.82) is 5.26 Å². The maximum Gasteiger partial charge on any atom is 0.294 e. The third-order valence-electron chi connectivity index (χ3n) is 2.98. The Labute approximate surface area is 149 Å². The first-order chi connectivity index (χ1) is 11.8. The zero-order valence-electron chi connectivity index (χ0n) is 12.6. The molecule has 0 aliphatic rings. The molecule has 25 heavy (non-hydrogen) atoms. The van der Waals surface area contributed by atoms with Crippen LogP contribution in [0.4, 0.5) is 11.4 Å². The second-order valence-electron chi connectivity index (χ2n) is 4.78. The molecular formula is C16H12ClN3O4S. The number of hydrogen-bond acceptors (Lipinski definition) is 5. The van der Waals surface area contributed by atoms with Crippen LogP contribution >= 0.6 is 11.6 Å². The predicted octanol–water partition coefficient (Wildman–Crippen LogP) is 3.04. The summed E-state index contributed by atoms with van der Waals surface area (Å²) in [5.41, 5.74) is 0.672. The van der Waals surface area contributed by atoms with Crippen LogP contribution in [-0.2, 0) is 14.9 Å². The lowest BCUT2D eigenvalue weighted by atomic mass is 10.2. The predicted molar refractivity (Wildman–Crippen MR) is 93.7 cm³/mol. The molecule has 0 saturated heterocycles. The summed E-state index contributed by atoms with van der Waals surface area (Å²) in [6.07, 6.45) is 1.23. The highest BCUT2D eigenvalue weighted by Crippen LogP contribution is 2.16. The summed E-state index contributed by atoms with van der Waals surface area (Å²) >= 11 is 5.84. The van der Waals surface area contributed by atoms with Gasteiger partial charge in [-0.05, 0) is 42.5 Å². The van der Waals surface area contributed by atoms with E-state index < -0.39 is 16.0 Å². The summed E-state index contributed by atoms with van der Waals surface area (Å²) in [5.74, 6) is -0.684. The smallest absolute Gasteiger partial charge is 0.294 e. The molecule has 0 aromatic heterocycles. The van der Waals surface area contributed by atoms with Crippen molar-refractivity contribution in [2.24, 2.45) is 0 Å². The molecule has 0 spiro atoms. The molecule has 2 rings (SSSR count). The van der Waals surface area contributed by atoms with Gasteiger partial charge in [0, 0.05) is 22.6 Å². The minimum Gasteiger partial charge on any atom is -0.360 e. The molecule has 128 valence electrons. The summed E-state index contributed by atoms with van der Waals surface area (Å²) in [6, 6.07) is 13.3. The van der Waals surface area contributed by atoms with Crippen molar-refractivity contribution in [3.63, 3.8) is 0 Å². The molecule has 0 aliphatic heterocycles. The third-order valence-corrected chi connectivity index (χ3v) is 4.09. The van der Waals surface area contributed by atoms with Gasteiger partial charge >= 0.3 is 0 Å². The number of nitriles is 1. The molecule has 9 heteroatoms. The first kappa shape index (κ1) is 18.5. The molecule has 0 saturated carbocycles. The van der Waals surface area contributed by atoms with E-state index in [1.807, 2.05) is 0 Å². The summed E-state index contributed by atoms with van der Waals surface area (Å²) in [7, 11) is -4.31. The molecule has 0 atom stereocenters. The Hall–Kier alpha value is -2.86.